The second-order valence-electron chi connectivity index (χ2n) is 5.20. The van der Waals surface area contributed by atoms with Crippen LogP contribution in [0.1, 0.15) is 15.9 Å². The Morgan fingerprint density at radius 1 is 0.708 bits per heavy atom. The van der Waals surface area contributed by atoms with Crippen LogP contribution in [0.4, 0.5) is 0 Å². The Bertz CT molecular complexity index is 816. The molecule has 118 valence electrons. The molecule has 0 aliphatic carbocycles. The van der Waals surface area contributed by atoms with E-state index in [-0.39, 0.29) is 10.7 Å². The first-order chi connectivity index (χ1) is 11.8. The van der Waals surface area contributed by atoms with Crippen LogP contribution in [0.25, 0.3) is 6.08 Å². The number of Topliss-reactive ketones (excluding diaryl/α,β-unsaturated/α-hetero) is 1. The van der Waals surface area contributed by atoms with Crippen LogP contribution in [0.5, 0.6) is 0 Å². The molecule has 3 heteroatoms. The van der Waals surface area contributed by atoms with Crippen molar-refractivity contribution in [2.24, 2.45) is 0 Å². The minimum atomic E-state index is -1.54. The van der Waals surface area contributed by atoms with Gasteiger partial charge in [0.15, 0.2) is 0 Å². The number of hydrogen-bond acceptors (Lipinski definition) is 2. The second-order valence-corrected chi connectivity index (χ2v) is 6.64. The van der Waals surface area contributed by atoms with Gasteiger partial charge in [0.05, 0.1) is 15.7 Å². The van der Waals surface area contributed by atoms with E-state index in [2.05, 4.69) is 0 Å². The van der Waals surface area contributed by atoms with Gasteiger partial charge in [0, 0.05) is 10.5 Å². The molecule has 0 amide bonds. The smallest absolute Gasteiger partial charge is 0.202 e. The first kappa shape index (κ1) is 16.1. The van der Waals surface area contributed by atoms with E-state index in [9.17, 15) is 9.00 Å². The molecular weight excluding hydrogens is 316 g/mol. The number of ketones is 1. The van der Waals surface area contributed by atoms with Crippen molar-refractivity contribution >= 4 is 22.7 Å². The molecule has 1 atom stereocenters. The van der Waals surface area contributed by atoms with Gasteiger partial charge in [-0.3, -0.25) is 4.79 Å². The summed E-state index contributed by atoms with van der Waals surface area (Å²) >= 11 is 0. The van der Waals surface area contributed by atoms with E-state index in [4.69, 9.17) is 0 Å². The molecular formula is C21H16O2S. The molecule has 0 aliphatic heterocycles. The van der Waals surface area contributed by atoms with Crippen molar-refractivity contribution in [2.75, 3.05) is 0 Å². The molecule has 0 saturated heterocycles. The van der Waals surface area contributed by atoms with Crippen molar-refractivity contribution in [3.8, 4) is 0 Å². The SMILES string of the molecule is O=C(/C(=C/c1ccccc1)S(=O)c1ccccc1)c1ccccc1. The highest BCUT2D eigenvalue weighted by Crippen LogP contribution is 2.21. The molecule has 0 radical (unpaired) electrons. The third-order valence-corrected chi connectivity index (χ3v) is 4.92. The van der Waals surface area contributed by atoms with Crippen LogP contribution in [-0.4, -0.2) is 9.99 Å². The lowest BCUT2D eigenvalue weighted by Gasteiger charge is -2.08. The molecule has 0 heterocycles. The molecule has 0 N–H and O–H groups in total. The van der Waals surface area contributed by atoms with Gasteiger partial charge in [-0.25, -0.2) is 4.21 Å². The zero-order valence-electron chi connectivity index (χ0n) is 13.0. The number of allylic oxidation sites excluding steroid dienone is 1. The molecule has 24 heavy (non-hydrogen) atoms. The second kappa shape index (κ2) is 7.66. The monoisotopic (exact) mass is 332 g/mol. The summed E-state index contributed by atoms with van der Waals surface area (Å²) in [7, 11) is -1.54. The van der Waals surface area contributed by atoms with Crippen LogP contribution in [0, 0.1) is 0 Å². The minimum absolute atomic E-state index is 0.221. The lowest BCUT2D eigenvalue weighted by atomic mass is 10.1. The maximum absolute atomic E-state index is 13.0. The van der Waals surface area contributed by atoms with Crippen molar-refractivity contribution in [2.45, 2.75) is 4.90 Å². The highest BCUT2D eigenvalue weighted by molar-refractivity contribution is 7.90. The normalized spacial score (nSPS) is 12.6. The van der Waals surface area contributed by atoms with Crippen molar-refractivity contribution < 1.29 is 9.00 Å². The summed E-state index contributed by atoms with van der Waals surface area (Å²) in [4.78, 5) is 13.8. The standard InChI is InChI=1S/C21H16O2S/c22-21(18-12-6-2-7-13-18)20(16-17-10-4-1-5-11-17)24(23)19-14-8-3-9-15-19/h1-16H/b20-16-. The van der Waals surface area contributed by atoms with E-state index < -0.39 is 10.8 Å². The number of hydrogen-bond donors (Lipinski definition) is 0. The summed E-state index contributed by atoms with van der Waals surface area (Å²) in [6, 6.07) is 27.5. The molecule has 0 saturated carbocycles. The number of carbonyl (C=O) groups is 1. The van der Waals surface area contributed by atoms with E-state index in [1.54, 1.807) is 42.5 Å². The van der Waals surface area contributed by atoms with Crippen molar-refractivity contribution in [1.82, 2.24) is 0 Å². The summed E-state index contributed by atoms with van der Waals surface area (Å²) in [5.74, 6) is -0.221. The van der Waals surface area contributed by atoms with Crippen molar-refractivity contribution in [3.63, 3.8) is 0 Å². The highest BCUT2D eigenvalue weighted by atomic mass is 32.2. The first-order valence-electron chi connectivity index (χ1n) is 7.59. The Kier molecular flexibility index (Phi) is 5.14. The molecule has 3 rings (SSSR count). The van der Waals surface area contributed by atoms with Crippen LogP contribution in [0.15, 0.2) is 101 Å². The van der Waals surface area contributed by atoms with Gasteiger partial charge in [-0.1, -0.05) is 78.9 Å². The van der Waals surface area contributed by atoms with Crippen molar-refractivity contribution in [3.05, 3.63) is 107 Å². The average molecular weight is 332 g/mol. The predicted molar refractivity (Wildman–Crippen MR) is 98.0 cm³/mol. The molecule has 3 aromatic carbocycles. The Morgan fingerprint density at radius 2 is 1.21 bits per heavy atom. The molecule has 0 spiro atoms. The van der Waals surface area contributed by atoms with Crippen LogP contribution in [0.2, 0.25) is 0 Å². The van der Waals surface area contributed by atoms with E-state index >= 15 is 0 Å². The van der Waals surface area contributed by atoms with E-state index in [1.807, 2.05) is 54.6 Å². The zero-order valence-corrected chi connectivity index (χ0v) is 13.8. The summed E-state index contributed by atoms with van der Waals surface area (Å²) < 4.78 is 13.0. The third-order valence-electron chi connectivity index (χ3n) is 3.51. The molecule has 3 aromatic rings. The first-order valence-corrected chi connectivity index (χ1v) is 8.74. The van der Waals surface area contributed by atoms with Gasteiger partial charge in [0.2, 0.25) is 5.78 Å². The fraction of sp³-hybridized carbons (Fsp3) is 0. The van der Waals surface area contributed by atoms with E-state index in [1.165, 1.54) is 0 Å². The van der Waals surface area contributed by atoms with Gasteiger partial charge in [0.25, 0.3) is 0 Å². The number of carbonyl (C=O) groups excluding carboxylic acids is 1. The molecule has 0 bridgehead atoms. The van der Waals surface area contributed by atoms with Crippen molar-refractivity contribution in [1.29, 1.82) is 0 Å². The Morgan fingerprint density at radius 3 is 1.79 bits per heavy atom. The van der Waals surface area contributed by atoms with Crippen LogP contribution in [0.3, 0.4) is 0 Å². The zero-order chi connectivity index (χ0) is 16.8. The topological polar surface area (TPSA) is 34.1 Å². The van der Waals surface area contributed by atoms with Crippen LogP contribution >= 0.6 is 0 Å². The van der Waals surface area contributed by atoms with Gasteiger partial charge < -0.3 is 0 Å². The maximum Gasteiger partial charge on any atom is 0.202 e. The van der Waals surface area contributed by atoms with Crippen LogP contribution < -0.4 is 0 Å². The molecule has 2 nitrogen and oxygen atoms in total. The number of rotatable bonds is 5. The maximum atomic E-state index is 13.0. The van der Waals surface area contributed by atoms with E-state index in [0.29, 0.717) is 10.5 Å². The van der Waals surface area contributed by atoms with Gasteiger partial charge in [-0.2, -0.15) is 0 Å². The lowest BCUT2D eigenvalue weighted by molar-refractivity contribution is 0.104. The van der Waals surface area contributed by atoms with Gasteiger partial charge in [-0.15, -0.1) is 0 Å². The average Bonchev–Trinajstić information content (AvgIpc) is 2.67. The Balaban J connectivity index is 2.06. The molecule has 0 aliphatic rings. The summed E-state index contributed by atoms with van der Waals surface area (Å²) in [6.45, 7) is 0. The highest BCUT2D eigenvalue weighted by Gasteiger charge is 2.20. The Hall–Kier alpha value is -2.78. The fourth-order valence-electron chi connectivity index (χ4n) is 2.31. The summed E-state index contributed by atoms with van der Waals surface area (Å²) in [5.41, 5.74) is 1.38. The largest absolute Gasteiger partial charge is 0.288 e. The number of benzene rings is 3. The van der Waals surface area contributed by atoms with Gasteiger partial charge in [-0.05, 0) is 23.8 Å². The fourth-order valence-corrected chi connectivity index (χ4v) is 3.49. The quantitative estimate of drug-likeness (QED) is 0.500. The predicted octanol–water partition coefficient (Wildman–Crippen LogP) is 4.72. The Labute approximate surface area is 143 Å². The molecule has 0 aromatic heterocycles. The summed E-state index contributed by atoms with van der Waals surface area (Å²) in [5, 5.41) is 0. The lowest BCUT2D eigenvalue weighted by Crippen LogP contribution is -2.09. The summed E-state index contributed by atoms with van der Waals surface area (Å²) in [6.07, 6.45) is 1.71. The van der Waals surface area contributed by atoms with Gasteiger partial charge >= 0.3 is 0 Å². The van der Waals surface area contributed by atoms with Gasteiger partial charge in [0.1, 0.15) is 0 Å². The molecule has 1 unspecified atom stereocenters. The van der Waals surface area contributed by atoms with Crippen LogP contribution in [-0.2, 0) is 10.8 Å². The third kappa shape index (κ3) is 3.76. The van der Waals surface area contributed by atoms with E-state index in [0.717, 1.165) is 5.56 Å². The molecule has 0 fully saturated rings. The minimum Gasteiger partial charge on any atom is -0.288 e.